The number of amides is 1. The Bertz CT molecular complexity index is 1430. The molecule has 1 fully saturated rings. The summed E-state index contributed by atoms with van der Waals surface area (Å²) >= 11 is 1.65. The molecule has 7 nitrogen and oxygen atoms in total. The number of likely N-dealkylation sites (N-methyl/N-ethyl adjacent to an activating group) is 1. The largest absolute Gasteiger partial charge is 0.452 e. The summed E-state index contributed by atoms with van der Waals surface area (Å²) in [6.45, 7) is -0.435. The normalized spacial score (nSPS) is 20.0. The van der Waals surface area contributed by atoms with Crippen molar-refractivity contribution in [1.29, 1.82) is 0 Å². The molecule has 3 heterocycles. The van der Waals surface area contributed by atoms with E-state index >= 15 is 0 Å². The molecule has 1 aliphatic carbocycles. The van der Waals surface area contributed by atoms with E-state index in [1.807, 2.05) is 35.7 Å². The van der Waals surface area contributed by atoms with Gasteiger partial charge in [-0.15, -0.1) is 11.3 Å². The Hall–Kier alpha value is -3.04. The van der Waals surface area contributed by atoms with Crippen LogP contribution in [0.3, 0.4) is 0 Å². The van der Waals surface area contributed by atoms with Crippen LogP contribution in [0, 0.1) is 0 Å². The van der Waals surface area contributed by atoms with Gasteiger partial charge in [0.25, 0.3) is 5.91 Å². The van der Waals surface area contributed by atoms with E-state index in [0.717, 1.165) is 34.5 Å². The highest BCUT2D eigenvalue weighted by Crippen LogP contribution is 2.36. The number of esters is 1. The molecule has 9 heteroatoms. The van der Waals surface area contributed by atoms with Crippen LogP contribution in [0.4, 0.5) is 0 Å². The Labute approximate surface area is 208 Å². The highest BCUT2D eigenvalue weighted by molar-refractivity contribution is 7.91. The van der Waals surface area contributed by atoms with Gasteiger partial charge in [-0.25, -0.2) is 18.2 Å². The molecular formula is C26H26N2O5S2. The average molecular weight is 511 g/mol. The fraction of sp³-hybridized carbons (Fsp3) is 0.346. The maximum absolute atomic E-state index is 13.4. The SMILES string of the molecule is CN(C(=O)COC(=O)c1c2c(nc3ccccc13)/C(=C/c1cccs1)CCC2)[C@@H]1CCS(=O)(=O)C1. The second-order valence-corrected chi connectivity index (χ2v) is 12.2. The number of thiophene rings is 1. The number of benzene rings is 1. The van der Waals surface area contributed by atoms with Gasteiger partial charge < -0.3 is 9.64 Å². The van der Waals surface area contributed by atoms with Gasteiger partial charge in [0.1, 0.15) is 0 Å². The first-order valence-corrected chi connectivity index (χ1v) is 14.3. The molecule has 0 N–H and O–H groups in total. The zero-order valence-electron chi connectivity index (χ0n) is 19.4. The summed E-state index contributed by atoms with van der Waals surface area (Å²) in [4.78, 5) is 33.5. The first-order valence-electron chi connectivity index (χ1n) is 11.6. The number of allylic oxidation sites excluding steroid dienone is 1. The topological polar surface area (TPSA) is 93.6 Å². The molecule has 0 bridgehead atoms. The lowest BCUT2D eigenvalue weighted by atomic mass is 9.86. The third-order valence-corrected chi connectivity index (χ3v) is 9.28. The minimum absolute atomic E-state index is 0.0506. The van der Waals surface area contributed by atoms with Gasteiger partial charge in [0.2, 0.25) is 0 Å². The van der Waals surface area contributed by atoms with Crippen molar-refractivity contribution < 1.29 is 22.7 Å². The van der Waals surface area contributed by atoms with Crippen LogP contribution >= 0.6 is 11.3 Å². The smallest absolute Gasteiger partial charge is 0.339 e. The number of para-hydroxylation sites is 1. The molecule has 1 aromatic carbocycles. The van der Waals surface area contributed by atoms with E-state index in [-0.39, 0.29) is 17.5 Å². The molecule has 1 atom stereocenters. The number of sulfone groups is 1. The molecule has 1 amide bonds. The molecule has 2 aliphatic rings. The van der Waals surface area contributed by atoms with Gasteiger partial charge in [0.15, 0.2) is 16.4 Å². The molecule has 0 saturated carbocycles. The highest BCUT2D eigenvalue weighted by Gasteiger charge is 2.33. The van der Waals surface area contributed by atoms with Crippen molar-refractivity contribution in [3.05, 3.63) is 63.5 Å². The lowest BCUT2D eigenvalue weighted by molar-refractivity contribution is -0.134. The summed E-state index contributed by atoms with van der Waals surface area (Å²) in [5.74, 6) is -0.944. The molecule has 182 valence electrons. The number of rotatable bonds is 5. The van der Waals surface area contributed by atoms with Gasteiger partial charge in [0.05, 0.1) is 28.3 Å². The number of hydrogen-bond acceptors (Lipinski definition) is 7. The fourth-order valence-corrected chi connectivity index (χ4v) is 7.30. The van der Waals surface area contributed by atoms with Crippen molar-refractivity contribution in [3.63, 3.8) is 0 Å². The van der Waals surface area contributed by atoms with E-state index in [1.54, 1.807) is 18.4 Å². The van der Waals surface area contributed by atoms with Gasteiger partial charge in [0, 0.05) is 23.4 Å². The molecule has 2 aromatic heterocycles. The van der Waals surface area contributed by atoms with Crippen LogP contribution in [0.15, 0.2) is 41.8 Å². The van der Waals surface area contributed by atoms with Crippen LogP contribution in [-0.4, -0.2) is 61.4 Å². The summed E-state index contributed by atoms with van der Waals surface area (Å²) in [6, 6.07) is 11.2. The minimum atomic E-state index is -3.12. The van der Waals surface area contributed by atoms with Gasteiger partial charge in [-0.2, -0.15) is 0 Å². The molecule has 0 radical (unpaired) electrons. The minimum Gasteiger partial charge on any atom is -0.452 e. The van der Waals surface area contributed by atoms with Gasteiger partial charge in [-0.1, -0.05) is 24.3 Å². The number of aromatic nitrogens is 1. The maximum atomic E-state index is 13.4. The average Bonchev–Trinajstić information content (AvgIpc) is 3.49. The lowest BCUT2D eigenvalue weighted by Crippen LogP contribution is -2.40. The number of fused-ring (bicyclic) bond motifs is 2. The predicted octanol–water partition coefficient (Wildman–Crippen LogP) is 3.98. The second kappa shape index (κ2) is 9.54. The number of ether oxygens (including phenoxy) is 1. The van der Waals surface area contributed by atoms with Crippen molar-refractivity contribution >= 4 is 55.6 Å². The van der Waals surface area contributed by atoms with Crippen LogP contribution in [0.1, 0.15) is 45.8 Å². The third-order valence-electron chi connectivity index (χ3n) is 6.71. The molecule has 0 spiro atoms. The monoisotopic (exact) mass is 510 g/mol. The second-order valence-electron chi connectivity index (χ2n) is 9.01. The Morgan fingerprint density at radius 2 is 2.03 bits per heavy atom. The first kappa shape index (κ1) is 23.7. The van der Waals surface area contributed by atoms with Gasteiger partial charge in [-0.3, -0.25) is 4.79 Å². The number of nitrogens with zero attached hydrogens (tertiary/aromatic N) is 2. The van der Waals surface area contributed by atoms with Crippen LogP contribution < -0.4 is 0 Å². The summed E-state index contributed by atoms with van der Waals surface area (Å²) in [5.41, 5.74) is 3.92. The van der Waals surface area contributed by atoms with Gasteiger partial charge in [-0.05, 0) is 60.4 Å². The van der Waals surface area contributed by atoms with E-state index < -0.39 is 28.3 Å². The number of pyridine rings is 1. The van der Waals surface area contributed by atoms with E-state index in [9.17, 15) is 18.0 Å². The summed E-state index contributed by atoms with van der Waals surface area (Å²) < 4.78 is 29.1. The summed E-state index contributed by atoms with van der Waals surface area (Å²) in [5, 5.41) is 2.73. The Kier molecular flexibility index (Phi) is 6.46. The van der Waals surface area contributed by atoms with Crippen LogP contribution in [-0.2, 0) is 25.8 Å². The Balaban J connectivity index is 1.44. The van der Waals surface area contributed by atoms with E-state index in [0.29, 0.717) is 29.3 Å². The molecule has 0 unspecified atom stereocenters. The molecule has 1 saturated heterocycles. The zero-order valence-corrected chi connectivity index (χ0v) is 21.0. The molecule has 5 rings (SSSR count). The third kappa shape index (κ3) is 4.88. The van der Waals surface area contributed by atoms with Crippen LogP contribution in [0.5, 0.6) is 0 Å². The van der Waals surface area contributed by atoms with Crippen molar-refractivity contribution in [2.45, 2.75) is 31.7 Å². The van der Waals surface area contributed by atoms with Crippen molar-refractivity contribution in [2.24, 2.45) is 0 Å². The standard InChI is InChI=1S/C26H26N2O5S2/c1-28(18-11-13-35(31,32)16-18)23(29)15-33-26(30)24-20-8-2-3-10-22(20)27-25-17(6-4-9-21(24)25)14-19-7-5-12-34-19/h2-3,5,7-8,10,12,14,18H,4,6,9,11,13,15-16H2,1H3/b17-14+/t18-/m1/s1. The number of hydrogen-bond donors (Lipinski definition) is 0. The van der Waals surface area contributed by atoms with Crippen LogP contribution in [0.2, 0.25) is 0 Å². The summed E-state index contributed by atoms with van der Waals surface area (Å²) in [6.07, 6.45) is 5.00. The van der Waals surface area contributed by atoms with Crippen molar-refractivity contribution in [2.75, 3.05) is 25.2 Å². The molecule has 3 aromatic rings. The quantitative estimate of drug-likeness (QED) is 0.482. The Morgan fingerprint density at radius 3 is 2.77 bits per heavy atom. The van der Waals surface area contributed by atoms with Crippen molar-refractivity contribution in [1.82, 2.24) is 9.88 Å². The zero-order chi connectivity index (χ0) is 24.6. The van der Waals surface area contributed by atoms with Crippen LogP contribution in [0.25, 0.3) is 22.6 Å². The Morgan fingerprint density at radius 1 is 1.20 bits per heavy atom. The lowest BCUT2D eigenvalue weighted by Gasteiger charge is -2.24. The van der Waals surface area contributed by atoms with E-state index in [1.165, 1.54) is 4.90 Å². The molecular weight excluding hydrogens is 484 g/mol. The molecule has 35 heavy (non-hydrogen) atoms. The highest BCUT2D eigenvalue weighted by atomic mass is 32.2. The molecule has 1 aliphatic heterocycles. The van der Waals surface area contributed by atoms with Gasteiger partial charge >= 0.3 is 5.97 Å². The maximum Gasteiger partial charge on any atom is 0.339 e. The number of carbonyl (C=O) groups is 2. The van der Waals surface area contributed by atoms with Crippen molar-refractivity contribution in [3.8, 4) is 0 Å². The van der Waals surface area contributed by atoms with E-state index in [2.05, 4.69) is 12.1 Å². The fourth-order valence-electron chi connectivity index (χ4n) is 4.84. The number of carbonyl (C=O) groups excluding carboxylic acids is 2. The first-order chi connectivity index (χ1) is 16.8. The summed E-state index contributed by atoms with van der Waals surface area (Å²) in [7, 11) is -1.56. The predicted molar refractivity (Wildman–Crippen MR) is 137 cm³/mol. The van der Waals surface area contributed by atoms with E-state index in [4.69, 9.17) is 9.72 Å².